The first-order valence-electron chi connectivity index (χ1n) is 4.32. The van der Waals surface area contributed by atoms with Gasteiger partial charge < -0.3 is 10.5 Å². The van der Waals surface area contributed by atoms with Crippen molar-refractivity contribution in [3.05, 3.63) is 33.9 Å². The van der Waals surface area contributed by atoms with E-state index in [-0.39, 0.29) is 27.8 Å². The van der Waals surface area contributed by atoms with Gasteiger partial charge in [-0.05, 0) is 6.07 Å². The van der Waals surface area contributed by atoms with E-state index < -0.39 is 4.92 Å². The third kappa shape index (κ3) is 4.61. The van der Waals surface area contributed by atoms with Crippen LogP contribution in [0.25, 0.3) is 0 Å². The Kier molecular flexibility index (Phi) is 6.59. The number of hydrogen-bond acceptors (Lipinski definition) is 5. The number of thioether (sulfide) groups is 1. The van der Waals surface area contributed by atoms with Crippen molar-refractivity contribution in [3.63, 3.8) is 0 Å². The summed E-state index contributed by atoms with van der Waals surface area (Å²) in [6.45, 7) is 0. The van der Waals surface area contributed by atoms with E-state index in [0.29, 0.717) is 17.1 Å². The van der Waals surface area contributed by atoms with Gasteiger partial charge in [-0.3, -0.25) is 15.5 Å². The molecule has 0 saturated carbocycles. The van der Waals surface area contributed by atoms with Gasteiger partial charge in [-0.25, -0.2) is 0 Å². The van der Waals surface area contributed by atoms with Crippen LogP contribution in [0.2, 0.25) is 0 Å². The highest BCUT2D eigenvalue weighted by atomic mass is 79.9. The average molecular weight is 322 g/mol. The molecular formula is C9H12BrN3O3S. The lowest BCUT2D eigenvalue weighted by Crippen LogP contribution is -2.04. The summed E-state index contributed by atoms with van der Waals surface area (Å²) in [5.74, 6) is 0.930. The predicted molar refractivity (Wildman–Crippen MR) is 73.2 cm³/mol. The molecule has 0 saturated heterocycles. The van der Waals surface area contributed by atoms with Gasteiger partial charge >= 0.3 is 0 Å². The van der Waals surface area contributed by atoms with Gasteiger partial charge in [0.1, 0.15) is 5.75 Å². The Morgan fingerprint density at radius 2 is 2.29 bits per heavy atom. The second-order valence-corrected chi connectivity index (χ2v) is 3.92. The third-order valence-electron chi connectivity index (χ3n) is 1.86. The van der Waals surface area contributed by atoms with E-state index in [2.05, 4.69) is 0 Å². The van der Waals surface area contributed by atoms with Gasteiger partial charge in [-0.15, -0.1) is 17.0 Å². The molecule has 0 aliphatic rings. The van der Waals surface area contributed by atoms with Gasteiger partial charge in [0, 0.05) is 23.4 Å². The second-order valence-electron chi connectivity index (χ2n) is 2.91. The minimum Gasteiger partial charge on any atom is -0.496 e. The number of benzene rings is 1. The number of halogens is 1. The zero-order chi connectivity index (χ0) is 12.1. The summed E-state index contributed by atoms with van der Waals surface area (Å²) in [5, 5.41) is 17.6. The number of nitrogens with zero attached hydrogens (tertiary/aromatic N) is 1. The molecule has 0 fully saturated rings. The molecule has 0 bridgehead atoms. The summed E-state index contributed by atoms with van der Waals surface area (Å²) < 4.78 is 5.07. The van der Waals surface area contributed by atoms with Crippen molar-refractivity contribution in [1.29, 1.82) is 5.41 Å². The summed E-state index contributed by atoms with van der Waals surface area (Å²) in [6.07, 6.45) is 0. The normalized spacial score (nSPS) is 9.24. The van der Waals surface area contributed by atoms with E-state index in [1.807, 2.05) is 0 Å². The number of nitro benzene ring substituents is 1. The van der Waals surface area contributed by atoms with Gasteiger partial charge in [0.2, 0.25) is 0 Å². The molecule has 0 heterocycles. The lowest BCUT2D eigenvalue weighted by atomic mass is 10.2. The molecule has 0 spiro atoms. The molecule has 1 aromatic rings. The SMILES string of the molecule is Br.COc1ccc([N+](=O)[O-])cc1CSC(=N)N. The second kappa shape index (κ2) is 7.13. The number of nitro groups is 1. The Morgan fingerprint density at radius 3 is 2.76 bits per heavy atom. The van der Waals surface area contributed by atoms with Gasteiger partial charge in [-0.2, -0.15) is 0 Å². The fourth-order valence-electron chi connectivity index (χ4n) is 1.15. The third-order valence-corrected chi connectivity index (χ3v) is 2.62. The van der Waals surface area contributed by atoms with Crippen molar-refractivity contribution >= 4 is 39.6 Å². The molecule has 1 aromatic carbocycles. The number of rotatable bonds is 4. The Bertz CT molecular complexity index is 428. The van der Waals surface area contributed by atoms with Crippen molar-refractivity contribution in [2.24, 2.45) is 5.73 Å². The molecule has 3 N–H and O–H groups in total. The fraction of sp³-hybridized carbons (Fsp3) is 0.222. The fourth-order valence-corrected chi connectivity index (χ4v) is 1.68. The minimum absolute atomic E-state index is 0. The number of nitrogens with two attached hydrogens (primary N) is 1. The number of methoxy groups -OCH3 is 1. The van der Waals surface area contributed by atoms with Gasteiger partial charge in [0.25, 0.3) is 5.69 Å². The number of hydrogen-bond donors (Lipinski definition) is 2. The van der Waals surface area contributed by atoms with Crippen LogP contribution >= 0.6 is 28.7 Å². The van der Waals surface area contributed by atoms with Crippen molar-refractivity contribution in [3.8, 4) is 5.75 Å². The maximum absolute atomic E-state index is 10.6. The quantitative estimate of drug-likeness (QED) is 0.383. The van der Waals surface area contributed by atoms with E-state index in [4.69, 9.17) is 15.9 Å². The maximum atomic E-state index is 10.6. The molecule has 17 heavy (non-hydrogen) atoms. The lowest BCUT2D eigenvalue weighted by molar-refractivity contribution is -0.384. The van der Waals surface area contributed by atoms with E-state index >= 15 is 0 Å². The Hall–Kier alpha value is -1.28. The molecule has 0 amide bonds. The first-order chi connectivity index (χ1) is 7.54. The summed E-state index contributed by atoms with van der Waals surface area (Å²) in [5.41, 5.74) is 5.85. The Labute approximate surface area is 113 Å². The summed E-state index contributed by atoms with van der Waals surface area (Å²) in [4.78, 5) is 10.1. The number of ether oxygens (including phenoxy) is 1. The van der Waals surface area contributed by atoms with Gasteiger partial charge in [-0.1, -0.05) is 11.8 Å². The van der Waals surface area contributed by atoms with Crippen molar-refractivity contribution < 1.29 is 9.66 Å². The van der Waals surface area contributed by atoms with Crippen LogP contribution in [0.3, 0.4) is 0 Å². The molecule has 0 aliphatic carbocycles. The number of nitrogens with one attached hydrogen (secondary N) is 1. The first kappa shape index (κ1) is 15.7. The van der Waals surface area contributed by atoms with Crippen LogP contribution in [-0.4, -0.2) is 17.2 Å². The zero-order valence-corrected chi connectivity index (χ0v) is 11.5. The molecule has 1 rings (SSSR count). The van der Waals surface area contributed by atoms with Crippen molar-refractivity contribution in [1.82, 2.24) is 0 Å². The molecule has 0 aliphatic heterocycles. The van der Waals surface area contributed by atoms with Crippen LogP contribution in [0.15, 0.2) is 18.2 Å². The average Bonchev–Trinajstić information content (AvgIpc) is 2.25. The Morgan fingerprint density at radius 1 is 1.65 bits per heavy atom. The monoisotopic (exact) mass is 321 g/mol. The highest BCUT2D eigenvalue weighted by Crippen LogP contribution is 2.27. The molecule has 0 unspecified atom stereocenters. The standard InChI is InChI=1S/C9H11N3O3S.BrH/c1-15-8-3-2-7(12(13)14)4-6(8)5-16-9(10)11;/h2-4H,5H2,1H3,(H3,10,11);1H. The number of amidine groups is 1. The van der Waals surface area contributed by atoms with Crippen LogP contribution in [0, 0.1) is 15.5 Å². The Balaban J connectivity index is 0.00000256. The maximum Gasteiger partial charge on any atom is 0.270 e. The lowest BCUT2D eigenvalue weighted by Gasteiger charge is -2.07. The summed E-state index contributed by atoms with van der Waals surface area (Å²) in [6, 6.07) is 4.34. The number of non-ortho nitro benzene ring substituents is 1. The van der Waals surface area contributed by atoms with Crippen LogP contribution in [0.1, 0.15) is 5.56 Å². The van der Waals surface area contributed by atoms with Gasteiger partial charge in [0.05, 0.1) is 12.0 Å². The van der Waals surface area contributed by atoms with E-state index in [9.17, 15) is 10.1 Å². The highest BCUT2D eigenvalue weighted by molar-refractivity contribution is 8.93. The van der Waals surface area contributed by atoms with Crippen LogP contribution < -0.4 is 10.5 Å². The molecule has 94 valence electrons. The summed E-state index contributed by atoms with van der Waals surface area (Å²) >= 11 is 1.09. The minimum atomic E-state index is -0.471. The van der Waals surface area contributed by atoms with E-state index in [1.165, 1.54) is 25.3 Å². The van der Waals surface area contributed by atoms with Gasteiger partial charge in [0.15, 0.2) is 5.17 Å². The van der Waals surface area contributed by atoms with Crippen LogP contribution in [0.5, 0.6) is 5.75 Å². The van der Waals surface area contributed by atoms with Crippen molar-refractivity contribution in [2.75, 3.05) is 7.11 Å². The zero-order valence-electron chi connectivity index (χ0n) is 9.00. The topological polar surface area (TPSA) is 102 Å². The largest absolute Gasteiger partial charge is 0.496 e. The molecule has 8 heteroatoms. The first-order valence-corrected chi connectivity index (χ1v) is 5.31. The summed E-state index contributed by atoms with van der Waals surface area (Å²) in [7, 11) is 1.49. The van der Waals surface area contributed by atoms with Crippen molar-refractivity contribution in [2.45, 2.75) is 5.75 Å². The smallest absolute Gasteiger partial charge is 0.270 e. The van der Waals surface area contributed by atoms with E-state index in [0.717, 1.165) is 11.8 Å². The highest BCUT2D eigenvalue weighted by Gasteiger charge is 2.11. The van der Waals surface area contributed by atoms with E-state index in [1.54, 1.807) is 0 Å². The molecule has 0 radical (unpaired) electrons. The molecule has 6 nitrogen and oxygen atoms in total. The molecule has 0 aromatic heterocycles. The predicted octanol–water partition coefficient (Wildman–Crippen LogP) is 2.31. The molecular weight excluding hydrogens is 310 g/mol. The van der Waals surface area contributed by atoms with Crippen LogP contribution in [0.4, 0.5) is 5.69 Å². The molecule has 0 atom stereocenters. The van der Waals surface area contributed by atoms with Crippen LogP contribution in [-0.2, 0) is 5.75 Å².